The van der Waals surface area contributed by atoms with Crippen molar-refractivity contribution in [3.05, 3.63) is 40.4 Å². The quantitative estimate of drug-likeness (QED) is 0.914. The normalized spacial score (nSPS) is 11.5. The molecule has 0 aliphatic rings. The molecule has 2 rings (SSSR count). The number of hydrogen-bond acceptors (Lipinski definition) is 2. The molecule has 0 radical (unpaired) electrons. The number of nitrogens with one attached hydrogen (secondary N) is 1. The smallest absolute Gasteiger partial charge is 0.131 e. The second-order valence-electron chi connectivity index (χ2n) is 5.21. The van der Waals surface area contributed by atoms with E-state index in [1.807, 2.05) is 14.0 Å². The SMILES string of the molecule is Cc1nn(C)c(Cl)c1Cn1ccc(CNC(C)C)c1. The fourth-order valence-electron chi connectivity index (χ4n) is 2.05. The average molecular weight is 281 g/mol. The fourth-order valence-corrected chi connectivity index (χ4v) is 2.29. The summed E-state index contributed by atoms with van der Waals surface area (Å²) < 4.78 is 3.87. The molecule has 0 amide bonds. The molecule has 19 heavy (non-hydrogen) atoms. The predicted molar refractivity (Wildman–Crippen MR) is 78.5 cm³/mol. The topological polar surface area (TPSA) is 34.8 Å². The summed E-state index contributed by atoms with van der Waals surface area (Å²) in [4.78, 5) is 0. The zero-order chi connectivity index (χ0) is 14.0. The van der Waals surface area contributed by atoms with Crippen LogP contribution >= 0.6 is 11.6 Å². The van der Waals surface area contributed by atoms with Crippen molar-refractivity contribution in [3.8, 4) is 0 Å². The first-order valence-electron chi connectivity index (χ1n) is 6.53. The highest BCUT2D eigenvalue weighted by atomic mass is 35.5. The molecule has 0 aliphatic heterocycles. The molecule has 0 saturated heterocycles. The van der Waals surface area contributed by atoms with Crippen LogP contribution in [0.2, 0.25) is 5.15 Å². The number of rotatable bonds is 5. The van der Waals surface area contributed by atoms with Gasteiger partial charge in [-0.3, -0.25) is 4.68 Å². The van der Waals surface area contributed by atoms with Gasteiger partial charge in [0.2, 0.25) is 0 Å². The third-order valence-corrected chi connectivity index (χ3v) is 3.61. The molecule has 4 nitrogen and oxygen atoms in total. The van der Waals surface area contributed by atoms with Crippen molar-refractivity contribution in [2.24, 2.45) is 7.05 Å². The molecule has 5 heteroatoms. The van der Waals surface area contributed by atoms with Crippen LogP contribution < -0.4 is 5.32 Å². The van der Waals surface area contributed by atoms with Gasteiger partial charge in [-0.05, 0) is 18.6 Å². The van der Waals surface area contributed by atoms with E-state index >= 15 is 0 Å². The van der Waals surface area contributed by atoms with Gasteiger partial charge in [0, 0.05) is 37.6 Å². The maximum atomic E-state index is 6.25. The minimum Gasteiger partial charge on any atom is -0.349 e. The van der Waals surface area contributed by atoms with Crippen molar-refractivity contribution in [1.82, 2.24) is 19.7 Å². The van der Waals surface area contributed by atoms with Crippen LogP contribution in [-0.2, 0) is 20.1 Å². The standard InChI is InChI=1S/C14H21ClN4/c1-10(2)16-7-12-5-6-19(8-12)9-13-11(3)17-18(4)14(13)15/h5-6,8,10,16H,7,9H2,1-4H3. The molecule has 0 aliphatic carbocycles. The highest BCUT2D eigenvalue weighted by molar-refractivity contribution is 6.30. The lowest BCUT2D eigenvalue weighted by molar-refractivity contribution is 0.588. The van der Waals surface area contributed by atoms with E-state index in [0.29, 0.717) is 11.2 Å². The number of hydrogen-bond donors (Lipinski definition) is 1. The van der Waals surface area contributed by atoms with E-state index < -0.39 is 0 Å². The van der Waals surface area contributed by atoms with E-state index in [2.05, 4.69) is 47.3 Å². The van der Waals surface area contributed by atoms with Crippen LogP contribution in [0, 0.1) is 6.92 Å². The zero-order valence-corrected chi connectivity index (χ0v) is 12.7. The second kappa shape index (κ2) is 5.80. The highest BCUT2D eigenvalue weighted by Gasteiger charge is 2.11. The molecular weight excluding hydrogens is 260 g/mol. The van der Waals surface area contributed by atoms with E-state index in [-0.39, 0.29) is 0 Å². The molecule has 0 fully saturated rings. The minimum atomic E-state index is 0.498. The zero-order valence-electron chi connectivity index (χ0n) is 11.9. The van der Waals surface area contributed by atoms with Gasteiger partial charge in [0.1, 0.15) is 5.15 Å². The van der Waals surface area contributed by atoms with E-state index in [1.54, 1.807) is 4.68 Å². The molecule has 2 aromatic rings. The van der Waals surface area contributed by atoms with Gasteiger partial charge in [0.05, 0.1) is 12.2 Å². The Balaban J connectivity index is 2.07. The van der Waals surface area contributed by atoms with Crippen LogP contribution in [-0.4, -0.2) is 20.4 Å². The van der Waals surface area contributed by atoms with Crippen LogP contribution in [0.1, 0.15) is 30.7 Å². The van der Waals surface area contributed by atoms with Gasteiger partial charge in [-0.2, -0.15) is 5.10 Å². The Labute approximate surface area is 119 Å². The average Bonchev–Trinajstić information content (AvgIpc) is 2.88. The van der Waals surface area contributed by atoms with Crippen molar-refractivity contribution >= 4 is 11.6 Å². The van der Waals surface area contributed by atoms with Gasteiger partial charge in [-0.1, -0.05) is 25.4 Å². The minimum absolute atomic E-state index is 0.498. The lowest BCUT2D eigenvalue weighted by Gasteiger charge is -2.06. The van der Waals surface area contributed by atoms with Gasteiger partial charge in [0.15, 0.2) is 0 Å². The molecule has 104 valence electrons. The Hall–Kier alpha value is -1.26. The monoisotopic (exact) mass is 280 g/mol. The molecule has 2 heterocycles. The summed E-state index contributed by atoms with van der Waals surface area (Å²) in [5.74, 6) is 0. The summed E-state index contributed by atoms with van der Waals surface area (Å²) in [6.45, 7) is 7.95. The number of nitrogens with zero attached hydrogens (tertiary/aromatic N) is 3. The summed E-state index contributed by atoms with van der Waals surface area (Å²) in [6.07, 6.45) is 4.23. The van der Waals surface area contributed by atoms with Crippen molar-refractivity contribution in [2.75, 3.05) is 0 Å². The molecule has 0 unspecified atom stereocenters. The van der Waals surface area contributed by atoms with Crippen molar-refractivity contribution in [1.29, 1.82) is 0 Å². The Kier molecular flexibility index (Phi) is 4.32. The summed E-state index contributed by atoms with van der Waals surface area (Å²) in [5, 5.41) is 8.46. The first kappa shape index (κ1) is 14.2. The Bertz CT molecular complexity index is 554. The van der Waals surface area contributed by atoms with E-state index in [9.17, 15) is 0 Å². The van der Waals surface area contributed by atoms with Crippen LogP contribution in [0.4, 0.5) is 0 Å². The number of halogens is 1. The third kappa shape index (κ3) is 3.39. The largest absolute Gasteiger partial charge is 0.349 e. The summed E-state index contributed by atoms with van der Waals surface area (Å²) in [7, 11) is 1.87. The second-order valence-corrected chi connectivity index (χ2v) is 5.56. The predicted octanol–water partition coefficient (Wildman–Crippen LogP) is 2.73. The molecular formula is C14H21ClN4. The lowest BCUT2D eigenvalue weighted by Crippen LogP contribution is -2.21. The summed E-state index contributed by atoms with van der Waals surface area (Å²) >= 11 is 6.25. The molecule has 2 aromatic heterocycles. The van der Waals surface area contributed by atoms with Crippen LogP contribution in [0.3, 0.4) is 0 Å². The van der Waals surface area contributed by atoms with Crippen molar-refractivity contribution < 1.29 is 0 Å². The fraction of sp³-hybridized carbons (Fsp3) is 0.500. The number of aryl methyl sites for hydroxylation is 2. The summed E-state index contributed by atoms with van der Waals surface area (Å²) in [6, 6.07) is 2.63. The molecule has 0 atom stereocenters. The van der Waals surface area contributed by atoms with E-state index in [1.165, 1.54) is 5.56 Å². The van der Waals surface area contributed by atoms with Crippen molar-refractivity contribution in [2.45, 2.75) is 39.9 Å². The van der Waals surface area contributed by atoms with Gasteiger partial charge >= 0.3 is 0 Å². The molecule has 1 N–H and O–H groups in total. The maximum Gasteiger partial charge on any atom is 0.131 e. The van der Waals surface area contributed by atoms with E-state index in [4.69, 9.17) is 11.6 Å². The molecule has 0 bridgehead atoms. The van der Waals surface area contributed by atoms with Gasteiger partial charge < -0.3 is 9.88 Å². The third-order valence-electron chi connectivity index (χ3n) is 3.14. The summed E-state index contributed by atoms with van der Waals surface area (Å²) in [5.41, 5.74) is 3.36. The Morgan fingerprint density at radius 1 is 1.42 bits per heavy atom. The highest BCUT2D eigenvalue weighted by Crippen LogP contribution is 2.20. The van der Waals surface area contributed by atoms with Crippen LogP contribution in [0.25, 0.3) is 0 Å². The van der Waals surface area contributed by atoms with Crippen LogP contribution in [0.15, 0.2) is 18.5 Å². The van der Waals surface area contributed by atoms with E-state index in [0.717, 1.165) is 24.3 Å². The Morgan fingerprint density at radius 2 is 2.16 bits per heavy atom. The first-order chi connectivity index (χ1) is 8.97. The van der Waals surface area contributed by atoms with Gasteiger partial charge in [-0.15, -0.1) is 0 Å². The van der Waals surface area contributed by atoms with Crippen LogP contribution in [0.5, 0.6) is 0 Å². The molecule has 0 aromatic carbocycles. The molecule has 0 spiro atoms. The Morgan fingerprint density at radius 3 is 2.74 bits per heavy atom. The first-order valence-corrected chi connectivity index (χ1v) is 6.91. The van der Waals surface area contributed by atoms with Crippen molar-refractivity contribution in [3.63, 3.8) is 0 Å². The van der Waals surface area contributed by atoms with Gasteiger partial charge in [0.25, 0.3) is 0 Å². The van der Waals surface area contributed by atoms with Gasteiger partial charge in [-0.25, -0.2) is 0 Å². The lowest BCUT2D eigenvalue weighted by atomic mass is 10.2. The maximum absolute atomic E-state index is 6.25. The number of aromatic nitrogens is 3. The molecule has 0 saturated carbocycles.